The van der Waals surface area contributed by atoms with Crippen molar-refractivity contribution in [3.63, 3.8) is 0 Å². The number of halogens is 2. The normalized spacial score (nSPS) is 10.4. The van der Waals surface area contributed by atoms with E-state index in [2.05, 4.69) is 31.9 Å². The summed E-state index contributed by atoms with van der Waals surface area (Å²) in [5.74, 6) is -0.897. The van der Waals surface area contributed by atoms with Gasteiger partial charge in [0.05, 0.1) is 32.9 Å². The van der Waals surface area contributed by atoms with Gasteiger partial charge in [0, 0.05) is 21.9 Å². The fraction of sp³-hybridized carbons (Fsp3) is 0.167. The van der Waals surface area contributed by atoms with E-state index < -0.39 is 11.9 Å². The Balaban J connectivity index is 2.69. The maximum absolute atomic E-state index is 11.8. The predicted octanol–water partition coefficient (Wildman–Crippen LogP) is 4.57. The van der Waals surface area contributed by atoms with Crippen molar-refractivity contribution in [3.05, 3.63) is 29.5 Å². The van der Waals surface area contributed by atoms with Gasteiger partial charge in [0.15, 0.2) is 0 Å². The molecule has 0 fully saturated rings. The van der Waals surface area contributed by atoms with Crippen molar-refractivity contribution >= 4 is 66.5 Å². The molecule has 4 nitrogen and oxygen atoms in total. The average Bonchev–Trinajstić information content (AvgIpc) is 3.00. The lowest BCUT2D eigenvalue weighted by molar-refractivity contribution is 0.0590. The van der Waals surface area contributed by atoms with Gasteiger partial charge in [0.1, 0.15) is 0 Å². The minimum absolute atomic E-state index is 0.411. The summed E-state index contributed by atoms with van der Waals surface area (Å²) >= 11 is 9.55. The monoisotopic (exact) mass is 438 g/mol. The first kappa shape index (κ1) is 15.7. The average molecular weight is 440 g/mol. The first-order chi connectivity index (χ1) is 9.51. The van der Waals surface area contributed by atoms with Crippen molar-refractivity contribution in [2.24, 2.45) is 0 Å². The SMILES string of the molecule is COC(=O)c1csc(Br)c1-c1c(C(=O)OC)csc1Br. The minimum atomic E-state index is -0.448. The number of thiophene rings is 2. The van der Waals surface area contributed by atoms with Crippen molar-refractivity contribution in [3.8, 4) is 11.1 Å². The topological polar surface area (TPSA) is 52.6 Å². The van der Waals surface area contributed by atoms with Crippen molar-refractivity contribution in [1.29, 1.82) is 0 Å². The summed E-state index contributed by atoms with van der Waals surface area (Å²) in [5, 5.41) is 3.38. The second-order valence-electron chi connectivity index (χ2n) is 3.58. The van der Waals surface area contributed by atoms with Gasteiger partial charge >= 0.3 is 11.9 Å². The lowest BCUT2D eigenvalue weighted by Crippen LogP contribution is -2.05. The molecule has 2 rings (SSSR count). The van der Waals surface area contributed by atoms with Crippen molar-refractivity contribution in [2.75, 3.05) is 14.2 Å². The summed E-state index contributed by atoms with van der Waals surface area (Å²) in [6.45, 7) is 0. The molecule has 0 aliphatic heterocycles. The van der Waals surface area contributed by atoms with E-state index in [1.54, 1.807) is 10.8 Å². The number of rotatable bonds is 3. The van der Waals surface area contributed by atoms with Crippen LogP contribution in [0.4, 0.5) is 0 Å². The zero-order valence-electron chi connectivity index (χ0n) is 10.4. The molecule has 0 N–H and O–H groups in total. The molecule has 0 unspecified atom stereocenters. The number of carbonyl (C=O) groups excluding carboxylic acids is 2. The quantitative estimate of drug-likeness (QED) is 0.657. The van der Waals surface area contributed by atoms with Gasteiger partial charge in [-0.3, -0.25) is 0 Å². The fourth-order valence-corrected chi connectivity index (χ4v) is 4.57. The van der Waals surface area contributed by atoms with Gasteiger partial charge in [-0.15, -0.1) is 22.7 Å². The highest BCUT2D eigenvalue weighted by atomic mass is 79.9. The molecule has 0 atom stereocenters. The Hall–Kier alpha value is -0.700. The molecule has 0 amide bonds. The van der Waals surface area contributed by atoms with Crippen LogP contribution in [-0.4, -0.2) is 26.2 Å². The van der Waals surface area contributed by atoms with Gasteiger partial charge in [0.2, 0.25) is 0 Å². The van der Waals surface area contributed by atoms with Crippen molar-refractivity contribution < 1.29 is 19.1 Å². The molecule has 20 heavy (non-hydrogen) atoms. The van der Waals surface area contributed by atoms with Gasteiger partial charge in [-0.05, 0) is 31.9 Å². The van der Waals surface area contributed by atoms with Crippen molar-refractivity contribution in [2.45, 2.75) is 0 Å². The molecule has 2 aromatic heterocycles. The number of hydrogen-bond donors (Lipinski definition) is 0. The third-order valence-electron chi connectivity index (χ3n) is 2.55. The summed E-state index contributed by atoms with van der Waals surface area (Å²) in [6.07, 6.45) is 0. The van der Waals surface area contributed by atoms with Gasteiger partial charge in [-0.25, -0.2) is 9.59 Å². The van der Waals surface area contributed by atoms with Crippen LogP contribution < -0.4 is 0 Å². The van der Waals surface area contributed by atoms with Crippen LogP contribution in [0.1, 0.15) is 20.7 Å². The van der Waals surface area contributed by atoms with E-state index in [-0.39, 0.29) is 0 Å². The molecule has 0 radical (unpaired) electrons. The second-order valence-corrected chi connectivity index (χ2v) is 7.97. The Bertz CT molecular complexity index is 617. The Labute approximate surface area is 140 Å². The standard InChI is InChI=1S/C12H8Br2O4S2/c1-17-11(15)5-3-19-9(13)7(5)8-6(12(16)18-2)4-20-10(8)14/h3-4H,1-2H3. The highest BCUT2D eigenvalue weighted by Crippen LogP contribution is 2.45. The van der Waals surface area contributed by atoms with Crippen LogP contribution in [0.25, 0.3) is 11.1 Å². The molecule has 0 saturated heterocycles. The van der Waals surface area contributed by atoms with E-state index in [1.165, 1.54) is 36.9 Å². The third-order valence-corrected chi connectivity index (χ3v) is 6.00. The Morgan fingerprint density at radius 1 is 0.900 bits per heavy atom. The van der Waals surface area contributed by atoms with E-state index in [4.69, 9.17) is 9.47 Å². The van der Waals surface area contributed by atoms with E-state index in [1.807, 2.05) is 0 Å². The molecule has 0 aromatic carbocycles. The van der Waals surface area contributed by atoms with Crippen LogP contribution in [0.15, 0.2) is 18.3 Å². The Morgan fingerprint density at radius 3 is 1.55 bits per heavy atom. The maximum Gasteiger partial charge on any atom is 0.339 e. The summed E-state index contributed by atoms with van der Waals surface area (Å²) in [4.78, 5) is 23.7. The van der Waals surface area contributed by atoms with Gasteiger partial charge in [-0.2, -0.15) is 0 Å². The summed E-state index contributed by atoms with van der Waals surface area (Å²) in [6, 6.07) is 0. The number of ether oxygens (including phenoxy) is 2. The minimum Gasteiger partial charge on any atom is -0.465 e. The van der Waals surface area contributed by atoms with Crippen LogP contribution in [0.5, 0.6) is 0 Å². The van der Waals surface area contributed by atoms with Crippen LogP contribution in [-0.2, 0) is 9.47 Å². The Morgan fingerprint density at radius 2 is 1.25 bits per heavy atom. The van der Waals surface area contributed by atoms with Gasteiger partial charge < -0.3 is 9.47 Å². The molecule has 0 spiro atoms. The van der Waals surface area contributed by atoms with Crippen LogP contribution in [0, 0.1) is 0 Å². The second kappa shape index (κ2) is 6.38. The maximum atomic E-state index is 11.8. The van der Waals surface area contributed by atoms with Crippen LogP contribution in [0.2, 0.25) is 0 Å². The third kappa shape index (κ3) is 2.69. The first-order valence-electron chi connectivity index (χ1n) is 5.22. The first-order valence-corrected chi connectivity index (χ1v) is 8.56. The summed E-state index contributed by atoms with van der Waals surface area (Å²) in [5.41, 5.74) is 2.09. The van der Waals surface area contributed by atoms with Gasteiger partial charge in [-0.1, -0.05) is 0 Å². The molecule has 0 aliphatic rings. The van der Waals surface area contributed by atoms with Crippen LogP contribution >= 0.6 is 54.5 Å². The molecular weight excluding hydrogens is 432 g/mol. The fourth-order valence-electron chi connectivity index (χ4n) is 1.65. The number of methoxy groups -OCH3 is 2. The van der Waals surface area contributed by atoms with Gasteiger partial charge in [0.25, 0.3) is 0 Å². The number of carbonyl (C=O) groups is 2. The predicted molar refractivity (Wildman–Crippen MR) is 85.7 cm³/mol. The highest BCUT2D eigenvalue weighted by Gasteiger charge is 2.26. The molecule has 0 saturated carbocycles. The lowest BCUT2D eigenvalue weighted by atomic mass is 10.0. The van der Waals surface area contributed by atoms with Crippen molar-refractivity contribution in [1.82, 2.24) is 0 Å². The van der Waals surface area contributed by atoms with E-state index in [0.717, 1.165) is 7.57 Å². The molecule has 8 heteroatoms. The largest absolute Gasteiger partial charge is 0.465 e. The highest BCUT2D eigenvalue weighted by molar-refractivity contribution is 9.11. The van der Waals surface area contributed by atoms with Crippen LogP contribution in [0.3, 0.4) is 0 Å². The number of esters is 2. The summed E-state index contributed by atoms with van der Waals surface area (Å²) in [7, 11) is 2.64. The molecule has 106 valence electrons. The smallest absolute Gasteiger partial charge is 0.339 e. The van der Waals surface area contributed by atoms with E-state index >= 15 is 0 Å². The molecule has 2 aromatic rings. The van der Waals surface area contributed by atoms with E-state index in [9.17, 15) is 9.59 Å². The zero-order chi connectivity index (χ0) is 14.9. The molecule has 0 aliphatic carbocycles. The van der Waals surface area contributed by atoms with E-state index in [0.29, 0.717) is 22.3 Å². The zero-order valence-corrected chi connectivity index (χ0v) is 15.2. The molecular formula is C12H8Br2O4S2. The molecule has 0 bridgehead atoms. The molecule has 2 heterocycles. The summed E-state index contributed by atoms with van der Waals surface area (Å²) < 4.78 is 11.1. The lowest BCUT2D eigenvalue weighted by Gasteiger charge is -2.06. The number of hydrogen-bond acceptors (Lipinski definition) is 6. The Kier molecular flexibility index (Phi) is 5.00.